The Kier molecular flexibility index (Phi) is 10.6. The molecule has 1 atom stereocenters. The summed E-state index contributed by atoms with van der Waals surface area (Å²) in [7, 11) is 3.60. The number of halogens is 1. The number of ether oxygens (including phenoxy) is 1. The highest BCUT2D eigenvalue weighted by atomic mass is 127. The summed E-state index contributed by atoms with van der Waals surface area (Å²) in [6.07, 6.45) is 3.37. The predicted octanol–water partition coefficient (Wildman–Crippen LogP) is 3.65. The van der Waals surface area contributed by atoms with E-state index in [1.54, 1.807) is 7.11 Å². The van der Waals surface area contributed by atoms with Gasteiger partial charge in [-0.3, -0.25) is 4.99 Å². The molecule has 6 heteroatoms. The zero-order chi connectivity index (χ0) is 16.5. The molecule has 1 heterocycles. The molecule has 1 fully saturated rings. The van der Waals surface area contributed by atoms with Gasteiger partial charge in [0.15, 0.2) is 5.96 Å². The summed E-state index contributed by atoms with van der Waals surface area (Å²) in [6.45, 7) is 5.42. The second-order valence-corrected chi connectivity index (χ2v) is 7.18. The summed E-state index contributed by atoms with van der Waals surface area (Å²) >= 11 is 2.09. The van der Waals surface area contributed by atoms with Gasteiger partial charge in [-0.2, -0.15) is 11.8 Å². The van der Waals surface area contributed by atoms with E-state index >= 15 is 0 Å². The third-order valence-corrected chi connectivity index (χ3v) is 5.54. The average molecular weight is 463 g/mol. The van der Waals surface area contributed by atoms with Crippen molar-refractivity contribution >= 4 is 41.7 Å². The van der Waals surface area contributed by atoms with Gasteiger partial charge in [-0.15, -0.1) is 24.0 Å². The van der Waals surface area contributed by atoms with Crippen molar-refractivity contribution in [1.29, 1.82) is 0 Å². The molecular weight excluding hydrogens is 433 g/mol. The Bertz CT molecular complexity index is 513. The van der Waals surface area contributed by atoms with Gasteiger partial charge in [0.05, 0.1) is 7.11 Å². The zero-order valence-corrected chi connectivity index (χ0v) is 18.1. The fourth-order valence-electron chi connectivity index (χ4n) is 2.81. The molecule has 1 aromatic carbocycles. The SMILES string of the molecule is CCC1CN(C(=NC)NCCCc2cccc(OC)c2)CCS1.I. The number of nitrogens with one attached hydrogen (secondary N) is 1. The molecule has 136 valence electrons. The van der Waals surface area contributed by atoms with Gasteiger partial charge in [-0.1, -0.05) is 19.1 Å². The Morgan fingerprint density at radius 2 is 2.29 bits per heavy atom. The molecule has 1 aliphatic heterocycles. The van der Waals surface area contributed by atoms with E-state index in [1.807, 2.05) is 13.1 Å². The number of nitrogens with zero attached hydrogens (tertiary/aromatic N) is 2. The largest absolute Gasteiger partial charge is 0.497 e. The standard InChI is InChI=1S/C18H29N3OS.HI/c1-4-17-14-21(11-12-23-17)18(19-2)20-10-6-8-15-7-5-9-16(13-15)22-3;/h5,7,9,13,17H,4,6,8,10-12,14H2,1-3H3,(H,19,20);1H. The first-order valence-electron chi connectivity index (χ1n) is 8.47. The lowest BCUT2D eigenvalue weighted by Gasteiger charge is -2.34. The quantitative estimate of drug-likeness (QED) is 0.303. The minimum absolute atomic E-state index is 0. The van der Waals surface area contributed by atoms with Gasteiger partial charge in [-0.05, 0) is 37.0 Å². The van der Waals surface area contributed by atoms with Crippen LogP contribution in [-0.4, -0.2) is 55.7 Å². The van der Waals surface area contributed by atoms with Crippen LogP contribution in [0.15, 0.2) is 29.3 Å². The number of methoxy groups -OCH3 is 1. The summed E-state index contributed by atoms with van der Waals surface area (Å²) in [5.74, 6) is 3.18. The lowest BCUT2D eigenvalue weighted by molar-refractivity contribution is 0.407. The fourth-order valence-corrected chi connectivity index (χ4v) is 3.99. The smallest absolute Gasteiger partial charge is 0.193 e. The number of aryl methyl sites for hydroxylation is 1. The van der Waals surface area contributed by atoms with Crippen LogP contribution in [0.5, 0.6) is 5.75 Å². The van der Waals surface area contributed by atoms with Crippen LogP contribution < -0.4 is 10.1 Å². The molecule has 1 N–H and O–H groups in total. The summed E-state index contributed by atoms with van der Waals surface area (Å²) in [5.41, 5.74) is 1.32. The van der Waals surface area contributed by atoms with Crippen LogP contribution in [0, 0.1) is 0 Å². The average Bonchev–Trinajstić information content (AvgIpc) is 2.62. The lowest BCUT2D eigenvalue weighted by atomic mass is 10.1. The van der Waals surface area contributed by atoms with Crippen LogP contribution in [-0.2, 0) is 6.42 Å². The van der Waals surface area contributed by atoms with Crippen molar-refractivity contribution in [2.45, 2.75) is 31.4 Å². The molecular formula is C18H30IN3OS. The molecule has 4 nitrogen and oxygen atoms in total. The molecule has 1 saturated heterocycles. The van der Waals surface area contributed by atoms with Crippen LogP contribution in [0.1, 0.15) is 25.3 Å². The lowest BCUT2D eigenvalue weighted by Crippen LogP contribution is -2.48. The molecule has 1 aliphatic rings. The Labute approximate surface area is 167 Å². The molecule has 2 rings (SSSR count). The minimum Gasteiger partial charge on any atom is -0.497 e. The van der Waals surface area contributed by atoms with Crippen molar-refractivity contribution in [3.63, 3.8) is 0 Å². The van der Waals surface area contributed by atoms with E-state index in [-0.39, 0.29) is 24.0 Å². The van der Waals surface area contributed by atoms with E-state index in [0.29, 0.717) is 0 Å². The Morgan fingerprint density at radius 1 is 1.46 bits per heavy atom. The van der Waals surface area contributed by atoms with E-state index in [2.05, 4.69) is 52.1 Å². The van der Waals surface area contributed by atoms with Crippen molar-refractivity contribution in [1.82, 2.24) is 10.2 Å². The molecule has 0 amide bonds. The van der Waals surface area contributed by atoms with Gasteiger partial charge in [0, 0.05) is 37.7 Å². The first-order chi connectivity index (χ1) is 11.3. The molecule has 0 aromatic heterocycles. The van der Waals surface area contributed by atoms with Crippen molar-refractivity contribution in [3.05, 3.63) is 29.8 Å². The van der Waals surface area contributed by atoms with Crippen LogP contribution in [0.25, 0.3) is 0 Å². The zero-order valence-electron chi connectivity index (χ0n) is 15.0. The molecule has 1 aromatic rings. The number of hydrogen-bond donors (Lipinski definition) is 1. The van der Waals surface area contributed by atoms with Crippen molar-refractivity contribution < 1.29 is 4.74 Å². The summed E-state index contributed by atoms with van der Waals surface area (Å²) in [5, 5.41) is 4.25. The third-order valence-electron chi connectivity index (χ3n) is 4.16. The Balaban J connectivity index is 0.00000288. The van der Waals surface area contributed by atoms with E-state index < -0.39 is 0 Å². The predicted molar refractivity (Wildman–Crippen MR) is 116 cm³/mol. The van der Waals surface area contributed by atoms with Crippen molar-refractivity contribution in [2.75, 3.05) is 39.5 Å². The number of thioether (sulfide) groups is 1. The first kappa shape index (κ1) is 21.4. The summed E-state index contributed by atoms with van der Waals surface area (Å²) in [6, 6.07) is 8.31. The van der Waals surface area contributed by atoms with E-state index in [9.17, 15) is 0 Å². The van der Waals surface area contributed by atoms with Crippen molar-refractivity contribution in [3.8, 4) is 5.75 Å². The third kappa shape index (κ3) is 6.70. The van der Waals surface area contributed by atoms with E-state index in [4.69, 9.17) is 4.74 Å². The maximum atomic E-state index is 5.27. The van der Waals surface area contributed by atoms with Crippen LogP contribution >= 0.6 is 35.7 Å². The second kappa shape index (κ2) is 11.8. The Morgan fingerprint density at radius 3 is 3.00 bits per heavy atom. The molecule has 0 spiro atoms. The number of guanidine groups is 1. The number of rotatable bonds is 6. The number of benzene rings is 1. The van der Waals surface area contributed by atoms with Gasteiger partial charge in [0.1, 0.15) is 5.75 Å². The summed E-state index contributed by atoms with van der Waals surface area (Å²) in [4.78, 5) is 6.85. The van der Waals surface area contributed by atoms with Crippen LogP contribution in [0.4, 0.5) is 0 Å². The topological polar surface area (TPSA) is 36.9 Å². The molecule has 0 aliphatic carbocycles. The highest BCUT2D eigenvalue weighted by Gasteiger charge is 2.21. The number of aliphatic imine (C=N–C) groups is 1. The highest BCUT2D eigenvalue weighted by Crippen LogP contribution is 2.21. The van der Waals surface area contributed by atoms with E-state index in [0.717, 1.165) is 49.4 Å². The maximum Gasteiger partial charge on any atom is 0.193 e. The number of hydrogen-bond acceptors (Lipinski definition) is 3. The summed E-state index contributed by atoms with van der Waals surface area (Å²) < 4.78 is 5.27. The molecule has 24 heavy (non-hydrogen) atoms. The van der Waals surface area contributed by atoms with E-state index in [1.165, 1.54) is 17.7 Å². The molecule has 0 bridgehead atoms. The highest BCUT2D eigenvalue weighted by molar-refractivity contribution is 14.0. The molecule has 0 radical (unpaired) electrons. The van der Waals surface area contributed by atoms with Gasteiger partial charge in [0.25, 0.3) is 0 Å². The fraction of sp³-hybridized carbons (Fsp3) is 0.611. The second-order valence-electron chi connectivity index (χ2n) is 5.78. The van der Waals surface area contributed by atoms with Gasteiger partial charge in [-0.25, -0.2) is 0 Å². The van der Waals surface area contributed by atoms with Crippen molar-refractivity contribution in [2.24, 2.45) is 4.99 Å². The molecule has 1 unspecified atom stereocenters. The first-order valence-corrected chi connectivity index (χ1v) is 9.51. The van der Waals surface area contributed by atoms with Crippen LogP contribution in [0.2, 0.25) is 0 Å². The van der Waals surface area contributed by atoms with Gasteiger partial charge in [0.2, 0.25) is 0 Å². The maximum absolute atomic E-state index is 5.27. The van der Waals surface area contributed by atoms with Gasteiger partial charge < -0.3 is 15.0 Å². The molecule has 0 saturated carbocycles. The minimum atomic E-state index is 0. The van der Waals surface area contributed by atoms with Crippen LogP contribution in [0.3, 0.4) is 0 Å². The monoisotopic (exact) mass is 463 g/mol. The normalized spacial score (nSPS) is 18.0. The van der Waals surface area contributed by atoms with Gasteiger partial charge >= 0.3 is 0 Å². The Hall–Kier alpha value is -0.630.